The number of benzene rings is 2. The molecule has 0 bridgehead atoms. The van der Waals surface area contributed by atoms with Crippen LogP contribution in [-0.4, -0.2) is 5.78 Å². The number of ketones is 1. The molecule has 1 heteroatoms. The highest BCUT2D eigenvalue weighted by Crippen LogP contribution is 2.38. The molecule has 2 aromatic rings. The van der Waals surface area contributed by atoms with Crippen LogP contribution < -0.4 is 0 Å². The third kappa shape index (κ3) is 5.26. The summed E-state index contributed by atoms with van der Waals surface area (Å²) in [6.07, 6.45) is 4.07. The van der Waals surface area contributed by atoms with Crippen molar-refractivity contribution in [2.24, 2.45) is 5.92 Å². The van der Waals surface area contributed by atoms with E-state index < -0.39 is 0 Å². The molecule has 2 unspecified atom stereocenters. The molecule has 1 aliphatic carbocycles. The summed E-state index contributed by atoms with van der Waals surface area (Å²) in [4.78, 5) is 13.6. The Morgan fingerprint density at radius 3 is 2.26 bits per heavy atom. The Balaban J connectivity index is 1.91. The molecule has 0 amide bonds. The van der Waals surface area contributed by atoms with Gasteiger partial charge in [-0.2, -0.15) is 0 Å². The second-order valence-corrected chi connectivity index (χ2v) is 10.2. The quantitative estimate of drug-likeness (QED) is 0.216. The third-order valence-corrected chi connectivity index (χ3v) is 7.93. The molecule has 0 aromatic heterocycles. The first-order valence-electron chi connectivity index (χ1n) is 12.7. The molecule has 0 N–H and O–H groups in total. The minimum Gasteiger partial charge on any atom is -0.293 e. The summed E-state index contributed by atoms with van der Waals surface area (Å²) in [7, 11) is 0. The van der Waals surface area contributed by atoms with Crippen molar-refractivity contribution in [3.8, 4) is 0 Å². The lowest BCUT2D eigenvalue weighted by molar-refractivity contribution is 0.0965. The van der Waals surface area contributed by atoms with Crippen molar-refractivity contribution in [3.05, 3.63) is 117 Å². The van der Waals surface area contributed by atoms with Crippen LogP contribution in [0.15, 0.2) is 77.6 Å². The standard InChI is InChI=1S/C34H40O/c1-11-28-16-24(7)33(18-22(28)5)34(35)27(10)29-14-13-20(3)32(19-29)31(12-2)23(6)17-30-15-21(4)25(8)26(30)9/h13-16,18-19,26-27H,2,6,11,17H2,1,3-5,7-10H3. The molecule has 35 heavy (non-hydrogen) atoms. The van der Waals surface area contributed by atoms with Gasteiger partial charge in [0.25, 0.3) is 0 Å². The van der Waals surface area contributed by atoms with Crippen LogP contribution >= 0.6 is 0 Å². The zero-order valence-electron chi connectivity index (χ0n) is 22.9. The smallest absolute Gasteiger partial charge is 0.170 e. The number of rotatable bonds is 8. The molecule has 0 heterocycles. The van der Waals surface area contributed by atoms with Crippen molar-refractivity contribution < 1.29 is 4.79 Å². The van der Waals surface area contributed by atoms with Gasteiger partial charge in [-0.05, 0) is 104 Å². The summed E-state index contributed by atoms with van der Waals surface area (Å²) in [5.74, 6) is 0.355. The van der Waals surface area contributed by atoms with Gasteiger partial charge >= 0.3 is 0 Å². The van der Waals surface area contributed by atoms with Gasteiger partial charge in [-0.1, -0.05) is 74.9 Å². The lowest BCUT2D eigenvalue weighted by Gasteiger charge is -2.19. The van der Waals surface area contributed by atoms with Gasteiger partial charge in [-0.15, -0.1) is 5.73 Å². The van der Waals surface area contributed by atoms with E-state index >= 15 is 0 Å². The SMILES string of the molecule is C=C=C(C(=C)CC1=CC(C)=C(C)C1C)c1cc(C(C)C(=O)c2cc(C)c(CC)cc2C)ccc1C. The lowest BCUT2D eigenvalue weighted by atomic mass is 9.84. The first-order valence-corrected chi connectivity index (χ1v) is 12.7. The van der Waals surface area contributed by atoms with Crippen LogP contribution in [0.3, 0.4) is 0 Å². The Morgan fingerprint density at radius 1 is 1.00 bits per heavy atom. The van der Waals surface area contributed by atoms with E-state index in [1.54, 1.807) is 0 Å². The summed E-state index contributed by atoms with van der Waals surface area (Å²) in [5.41, 5.74) is 16.9. The van der Waals surface area contributed by atoms with Crippen LogP contribution in [0.25, 0.3) is 5.57 Å². The number of carbonyl (C=O) groups is 1. The Hall–Kier alpha value is -3.15. The minimum absolute atomic E-state index is 0.160. The second-order valence-electron chi connectivity index (χ2n) is 10.2. The molecule has 0 aliphatic heterocycles. The molecule has 1 aliphatic rings. The van der Waals surface area contributed by atoms with Gasteiger partial charge < -0.3 is 0 Å². The topological polar surface area (TPSA) is 17.1 Å². The number of Topliss-reactive ketones (excluding diaryl/α,β-unsaturated/α-hetero) is 1. The largest absolute Gasteiger partial charge is 0.293 e. The van der Waals surface area contributed by atoms with Crippen LogP contribution in [0, 0.1) is 26.7 Å². The van der Waals surface area contributed by atoms with Gasteiger partial charge in [0.1, 0.15) is 0 Å². The number of carbonyl (C=O) groups excluding carboxylic acids is 1. The van der Waals surface area contributed by atoms with Crippen LogP contribution in [0.2, 0.25) is 0 Å². The molecular formula is C34H40O. The summed E-state index contributed by atoms with van der Waals surface area (Å²) in [6.45, 7) is 25.5. The van der Waals surface area contributed by atoms with E-state index in [1.807, 2.05) is 13.8 Å². The van der Waals surface area contributed by atoms with Crippen molar-refractivity contribution in [1.29, 1.82) is 0 Å². The molecule has 2 atom stereocenters. The maximum atomic E-state index is 13.6. The van der Waals surface area contributed by atoms with Gasteiger partial charge in [-0.3, -0.25) is 4.79 Å². The minimum atomic E-state index is -0.244. The summed E-state index contributed by atoms with van der Waals surface area (Å²) >= 11 is 0. The Bertz CT molecular complexity index is 1300. The van der Waals surface area contributed by atoms with Gasteiger partial charge in [0.15, 0.2) is 5.78 Å². The van der Waals surface area contributed by atoms with E-state index in [2.05, 4.69) is 96.8 Å². The molecule has 0 saturated carbocycles. The normalized spacial score (nSPS) is 16.1. The van der Waals surface area contributed by atoms with Gasteiger partial charge in [0.05, 0.1) is 0 Å². The Morgan fingerprint density at radius 2 is 1.69 bits per heavy atom. The zero-order valence-corrected chi connectivity index (χ0v) is 22.9. The lowest BCUT2D eigenvalue weighted by Crippen LogP contribution is -2.12. The summed E-state index contributed by atoms with van der Waals surface area (Å²) < 4.78 is 0. The molecule has 3 rings (SSSR count). The van der Waals surface area contributed by atoms with E-state index in [-0.39, 0.29) is 11.7 Å². The summed E-state index contributed by atoms with van der Waals surface area (Å²) in [5, 5.41) is 0. The molecule has 2 aromatic carbocycles. The third-order valence-electron chi connectivity index (χ3n) is 7.93. The van der Waals surface area contributed by atoms with E-state index in [1.165, 1.54) is 27.8 Å². The van der Waals surface area contributed by atoms with Crippen LogP contribution in [0.5, 0.6) is 0 Å². The first-order chi connectivity index (χ1) is 16.5. The second kappa shape index (κ2) is 10.6. The van der Waals surface area contributed by atoms with Crippen molar-refractivity contribution in [3.63, 3.8) is 0 Å². The molecule has 0 radical (unpaired) electrons. The van der Waals surface area contributed by atoms with Crippen molar-refractivity contribution in [2.75, 3.05) is 0 Å². The maximum Gasteiger partial charge on any atom is 0.170 e. The predicted octanol–water partition coefficient (Wildman–Crippen LogP) is 9.19. The average molecular weight is 465 g/mol. The fourth-order valence-corrected chi connectivity index (χ4v) is 5.17. The Kier molecular flexibility index (Phi) is 8.04. The molecule has 1 nitrogen and oxygen atoms in total. The van der Waals surface area contributed by atoms with E-state index in [4.69, 9.17) is 0 Å². The highest BCUT2D eigenvalue weighted by molar-refractivity contribution is 6.02. The van der Waals surface area contributed by atoms with Gasteiger partial charge in [0.2, 0.25) is 0 Å². The number of aryl methyl sites for hydroxylation is 4. The molecular weight excluding hydrogens is 424 g/mol. The van der Waals surface area contributed by atoms with Crippen LogP contribution in [0.4, 0.5) is 0 Å². The monoisotopic (exact) mass is 464 g/mol. The van der Waals surface area contributed by atoms with Crippen molar-refractivity contribution in [2.45, 2.75) is 74.1 Å². The molecule has 182 valence electrons. The van der Waals surface area contributed by atoms with E-state index in [9.17, 15) is 4.79 Å². The highest BCUT2D eigenvalue weighted by Gasteiger charge is 2.23. The number of allylic oxidation sites excluding steroid dienone is 6. The van der Waals surface area contributed by atoms with Crippen molar-refractivity contribution in [1.82, 2.24) is 0 Å². The predicted molar refractivity (Wildman–Crippen MR) is 151 cm³/mol. The number of hydrogen-bond acceptors (Lipinski definition) is 1. The van der Waals surface area contributed by atoms with E-state index in [0.29, 0.717) is 5.92 Å². The molecule has 0 saturated heterocycles. The number of hydrogen-bond donors (Lipinski definition) is 0. The van der Waals surface area contributed by atoms with Gasteiger partial charge in [-0.25, -0.2) is 0 Å². The van der Waals surface area contributed by atoms with E-state index in [0.717, 1.165) is 51.8 Å². The van der Waals surface area contributed by atoms with Crippen LogP contribution in [0.1, 0.15) is 90.7 Å². The zero-order chi connectivity index (χ0) is 26.0. The molecule has 0 fully saturated rings. The van der Waals surface area contributed by atoms with Crippen LogP contribution in [-0.2, 0) is 6.42 Å². The Labute approximate surface area is 212 Å². The fraction of sp³-hybridized carbons (Fsp3) is 0.353. The maximum absolute atomic E-state index is 13.6. The average Bonchev–Trinajstić information content (AvgIpc) is 3.07. The molecule has 0 spiro atoms. The first kappa shape index (κ1) is 26.5. The highest BCUT2D eigenvalue weighted by atomic mass is 16.1. The summed E-state index contributed by atoms with van der Waals surface area (Å²) in [6, 6.07) is 10.5. The fourth-order valence-electron chi connectivity index (χ4n) is 5.17. The van der Waals surface area contributed by atoms with Gasteiger partial charge in [0, 0.05) is 17.1 Å². The van der Waals surface area contributed by atoms with Crippen molar-refractivity contribution >= 4 is 11.4 Å².